The number of ether oxygens (including phenoxy) is 2. The fourth-order valence-electron chi connectivity index (χ4n) is 2.46. The Labute approximate surface area is 130 Å². The van der Waals surface area contributed by atoms with Crippen LogP contribution in [0.3, 0.4) is 0 Å². The van der Waals surface area contributed by atoms with Crippen molar-refractivity contribution in [2.24, 2.45) is 0 Å². The minimum absolute atomic E-state index is 0.399. The van der Waals surface area contributed by atoms with Crippen molar-refractivity contribution in [3.63, 3.8) is 0 Å². The van der Waals surface area contributed by atoms with Gasteiger partial charge in [0.2, 0.25) is 6.29 Å². The van der Waals surface area contributed by atoms with E-state index in [-0.39, 0.29) is 0 Å². The molecule has 120 valence electrons. The first-order valence-electron chi connectivity index (χ1n) is 6.75. The van der Waals surface area contributed by atoms with Crippen LogP contribution in [0.4, 0.5) is 0 Å². The summed E-state index contributed by atoms with van der Waals surface area (Å²) >= 11 is 5.90. The summed E-state index contributed by atoms with van der Waals surface area (Å²) in [5.74, 6) is 0.399. The van der Waals surface area contributed by atoms with Gasteiger partial charge in [-0.1, -0.05) is 11.6 Å². The van der Waals surface area contributed by atoms with Gasteiger partial charge in [-0.05, 0) is 18.2 Å². The molecule has 7 nitrogen and oxygen atoms in total. The summed E-state index contributed by atoms with van der Waals surface area (Å²) in [4.78, 5) is 2.97. The van der Waals surface area contributed by atoms with E-state index in [0.717, 1.165) is 10.9 Å². The predicted octanol–water partition coefficient (Wildman–Crippen LogP) is -0.000000000000000278. The third-order valence-corrected chi connectivity index (χ3v) is 3.93. The van der Waals surface area contributed by atoms with Gasteiger partial charge in [-0.25, -0.2) is 0 Å². The van der Waals surface area contributed by atoms with E-state index in [4.69, 9.17) is 26.2 Å². The number of aromatic nitrogens is 1. The van der Waals surface area contributed by atoms with Crippen molar-refractivity contribution in [2.45, 2.75) is 30.7 Å². The molecule has 1 aliphatic heterocycles. The number of hydrogen-bond donors (Lipinski definition) is 5. The molecule has 1 aliphatic rings. The highest BCUT2D eigenvalue weighted by Crippen LogP contribution is 2.31. The molecule has 2 aromatic rings. The third kappa shape index (κ3) is 2.67. The maximum absolute atomic E-state index is 9.96. The first kappa shape index (κ1) is 15.5. The SMILES string of the molecule is OC[C@@H]1O[C@H](Oc2c[nH]c3cc(Cl)ccc23)[C@H](O)[C@H](O)[C@H]1O. The molecule has 0 aliphatic carbocycles. The fourth-order valence-corrected chi connectivity index (χ4v) is 2.63. The molecule has 1 saturated heterocycles. The smallest absolute Gasteiger partial charge is 0.229 e. The second kappa shape index (κ2) is 6.04. The molecule has 1 aromatic carbocycles. The molecule has 0 bridgehead atoms. The van der Waals surface area contributed by atoms with E-state index in [9.17, 15) is 15.3 Å². The maximum Gasteiger partial charge on any atom is 0.229 e. The maximum atomic E-state index is 9.96. The van der Waals surface area contributed by atoms with Crippen LogP contribution in [0.1, 0.15) is 0 Å². The lowest BCUT2D eigenvalue weighted by Crippen LogP contribution is -2.60. The number of aromatic amines is 1. The minimum Gasteiger partial charge on any atom is -0.460 e. The molecule has 0 spiro atoms. The Kier molecular flexibility index (Phi) is 4.26. The standard InChI is InChI=1S/C14H16ClNO6/c15-6-1-2-7-8(3-6)16-4-9(7)21-14-13(20)12(19)11(18)10(5-17)22-14/h1-4,10-14,16-20H,5H2/t10-,11-,12+,13+,14-/m0/s1. The molecular weight excluding hydrogens is 314 g/mol. The highest BCUT2D eigenvalue weighted by molar-refractivity contribution is 6.31. The third-order valence-electron chi connectivity index (χ3n) is 3.70. The number of aliphatic hydroxyl groups excluding tert-OH is 4. The van der Waals surface area contributed by atoms with Gasteiger partial charge in [0, 0.05) is 16.6 Å². The van der Waals surface area contributed by atoms with Crippen LogP contribution in [-0.2, 0) is 4.74 Å². The minimum atomic E-state index is -1.48. The Morgan fingerprint density at radius 3 is 2.68 bits per heavy atom. The molecular formula is C14H16ClNO6. The first-order valence-corrected chi connectivity index (χ1v) is 7.13. The Morgan fingerprint density at radius 2 is 1.95 bits per heavy atom. The monoisotopic (exact) mass is 329 g/mol. The van der Waals surface area contributed by atoms with Crippen LogP contribution in [0.5, 0.6) is 5.75 Å². The van der Waals surface area contributed by atoms with Crippen molar-refractivity contribution in [3.05, 3.63) is 29.4 Å². The van der Waals surface area contributed by atoms with Gasteiger partial charge < -0.3 is 34.9 Å². The molecule has 1 aromatic heterocycles. The highest BCUT2D eigenvalue weighted by Gasteiger charge is 2.44. The average Bonchev–Trinajstić information content (AvgIpc) is 2.90. The van der Waals surface area contributed by atoms with E-state index in [1.807, 2.05) is 0 Å². The normalized spacial score (nSPS) is 32.3. The summed E-state index contributed by atoms with van der Waals surface area (Å²) in [5, 5.41) is 39.9. The summed E-state index contributed by atoms with van der Waals surface area (Å²) in [6, 6.07) is 5.16. The van der Waals surface area contributed by atoms with Gasteiger partial charge in [-0.3, -0.25) is 0 Å². The molecule has 2 heterocycles. The van der Waals surface area contributed by atoms with E-state index in [2.05, 4.69) is 4.98 Å². The van der Waals surface area contributed by atoms with Crippen LogP contribution in [0.15, 0.2) is 24.4 Å². The molecule has 0 unspecified atom stereocenters. The summed E-state index contributed by atoms with van der Waals surface area (Å²) in [6.45, 7) is -0.506. The summed E-state index contributed by atoms with van der Waals surface area (Å²) in [5.41, 5.74) is 0.743. The Bertz CT molecular complexity index is 660. The molecule has 0 amide bonds. The number of hydrogen-bond acceptors (Lipinski definition) is 6. The summed E-state index contributed by atoms with van der Waals surface area (Å²) in [6.07, 6.45) is -5.00. The van der Waals surface area contributed by atoms with Gasteiger partial charge in [0.1, 0.15) is 30.2 Å². The average molecular weight is 330 g/mol. The van der Waals surface area contributed by atoms with Crippen LogP contribution in [0.25, 0.3) is 10.9 Å². The Hall–Kier alpha value is -1.35. The van der Waals surface area contributed by atoms with Crippen LogP contribution in [0.2, 0.25) is 5.02 Å². The zero-order chi connectivity index (χ0) is 15.9. The number of nitrogens with one attached hydrogen (secondary N) is 1. The van der Waals surface area contributed by atoms with Crippen LogP contribution in [0, 0.1) is 0 Å². The second-order valence-electron chi connectivity index (χ2n) is 5.16. The second-order valence-corrected chi connectivity index (χ2v) is 5.59. The highest BCUT2D eigenvalue weighted by atomic mass is 35.5. The number of rotatable bonds is 3. The van der Waals surface area contributed by atoms with Crippen molar-refractivity contribution >= 4 is 22.5 Å². The number of benzene rings is 1. The lowest BCUT2D eigenvalue weighted by molar-refractivity contribution is -0.277. The van der Waals surface area contributed by atoms with Crippen molar-refractivity contribution in [2.75, 3.05) is 6.61 Å². The van der Waals surface area contributed by atoms with Crippen LogP contribution >= 0.6 is 11.6 Å². The summed E-state index contributed by atoms with van der Waals surface area (Å²) in [7, 11) is 0. The van der Waals surface area contributed by atoms with E-state index in [0.29, 0.717) is 10.8 Å². The molecule has 0 radical (unpaired) electrons. The lowest BCUT2D eigenvalue weighted by Gasteiger charge is -2.39. The molecule has 5 N–H and O–H groups in total. The lowest BCUT2D eigenvalue weighted by atomic mass is 9.99. The van der Waals surface area contributed by atoms with Crippen molar-refractivity contribution in [1.29, 1.82) is 0 Å². The van der Waals surface area contributed by atoms with Crippen LogP contribution < -0.4 is 4.74 Å². The molecule has 5 atom stereocenters. The van der Waals surface area contributed by atoms with Gasteiger partial charge >= 0.3 is 0 Å². The van der Waals surface area contributed by atoms with Crippen molar-refractivity contribution in [1.82, 2.24) is 4.98 Å². The van der Waals surface area contributed by atoms with E-state index >= 15 is 0 Å². The van der Waals surface area contributed by atoms with E-state index < -0.39 is 37.3 Å². The molecule has 0 saturated carbocycles. The van der Waals surface area contributed by atoms with Gasteiger partial charge in [0.25, 0.3) is 0 Å². The number of halogens is 1. The molecule has 8 heteroatoms. The largest absolute Gasteiger partial charge is 0.460 e. The van der Waals surface area contributed by atoms with Crippen molar-refractivity contribution in [3.8, 4) is 5.75 Å². The Balaban J connectivity index is 1.84. The summed E-state index contributed by atoms with van der Waals surface area (Å²) < 4.78 is 10.9. The van der Waals surface area contributed by atoms with Gasteiger partial charge in [-0.2, -0.15) is 0 Å². The molecule has 1 fully saturated rings. The number of aliphatic hydroxyl groups is 4. The first-order chi connectivity index (χ1) is 10.5. The van der Waals surface area contributed by atoms with Gasteiger partial charge in [0.15, 0.2) is 0 Å². The topological polar surface area (TPSA) is 115 Å². The van der Waals surface area contributed by atoms with Gasteiger partial charge in [0.05, 0.1) is 12.1 Å². The zero-order valence-corrected chi connectivity index (χ0v) is 12.1. The predicted molar refractivity (Wildman–Crippen MR) is 77.7 cm³/mol. The molecule has 3 rings (SSSR count). The van der Waals surface area contributed by atoms with E-state index in [1.165, 1.54) is 0 Å². The Morgan fingerprint density at radius 1 is 1.18 bits per heavy atom. The van der Waals surface area contributed by atoms with Gasteiger partial charge in [-0.15, -0.1) is 0 Å². The number of H-pyrrole nitrogens is 1. The van der Waals surface area contributed by atoms with E-state index in [1.54, 1.807) is 24.4 Å². The fraction of sp³-hybridized carbons (Fsp3) is 0.429. The van der Waals surface area contributed by atoms with Crippen molar-refractivity contribution < 1.29 is 29.9 Å². The van der Waals surface area contributed by atoms with Crippen LogP contribution in [-0.4, -0.2) is 62.7 Å². The molecule has 22 heavy (non-hydrogen) atoms. The zero-order valence-electron chi connectivity index (χ0n) is 11.4. The quantitative estimate of drug-likeness (QED) is 0.541. The number of fused-ring (bicyclic) bond motifs is 1.